The van der Waals surface area contributed by atoms with Gasteiger partial charge in [0.1, 0.15) is 16.7 Å². The van der Waals surface area contributed by atoms with Gasteiger partial charge in [-0.05, 0) is 37.3 Å². The number of carboxylic acid groups (broad SMARTS) is 1. The number of carboxylic acids is 1. The van der Waals surface area contributed by atoms with Crippen LogP contribution in [0.5, 0.6) is 5.75 Å². The predicted octanol–water partition coefficient (Wildman–Crippen LogP) is 2.69. The molecule has 1 aromatic rings. The van der Waals surface area contributed by atoms with Crippen molar-refractivity contribution in [2.45, 2.75) is 55.7 Å². The lowest BCUT2D eigenvalue weighted by atomic mass is 9.85. The molecule has 1 aliphatic carbocycles. The van der Waals surface area contributed by atoms with Gasteiger partial charge in [0.15, 0.2) is 0 Å². The van der Waals surface area contributed by atoms with E-state index in [1.165, 1.54) is 18.2 Å². The van der Waals surface area contributed by atoms with Crippen LogP contribution in [-0.4, -0.2) is 42.5 Å². The van der Waals surface area contributed by atoms with Gasteiger partial charge >= 0.3 is 12.6 Å². The number of rotatable bonds is 5. The fourth-order valence-electron chi connectivity index (χ4n) is 3.95. The first kappa shape index (κ1) is 18.1. The SMILES string of the molecule is O=C(O)C1CC2CCCCC2N1S(=O)(=O)c1ccccc1OC(F)F. The highest BCUT2D eigenvalue weighted by Gasteiger charge is 2.51. The molecule has 2 fully saturated rings. The quantitative estimate of drug-likeness (QED) is 0.855. The molecule has 9 heteroatoms. The zero-order valence-corrected chi connectivity index (χ0v) is 14.2. The first-order chi connectivity index (χ1) is 11.8. The summed E-state index contributed by atoms with van der Waals surface area (Å²) in [5.41, 5.74) is 0. The molecule has 0 bridgehead atoms. The highest BCUT2D eigenvalue weighted by molar-refractivity contribution is 7.89. The average molecular weight is 375 g/mol. The number of nitrogens with zero attached hydrogens (tertiary/aromatic N) is 1. The number of carbonyl (C=O) groups is 1. The Bertz CT molecular complexity index is 755. The summed E-state index contributed by atoms with van der Waals surface area (Å²) in [6.45, 7) is -3.17. The van der Waals surface area contributed by atoms with Crippen LogP contribution in [-0.2, 0) is 14.8 Å². The van der Waals surface area contributed by atoms with Crippen LogP contribution in [0.1, 0.15) is 32.1 Å². The standard InChI is InChI=1S/C16H19F2NO5S/c17-16(18)24-13-7-3-4-8-14(13)25(22,23)19-11-6-2-1-5-10(11)9-12(19)15(20)21/h3-4,7-8,10-12,16H,1-2,5-6,9H2,(H,20,21). The maximum Gasteiger partial charge on any atom is 0.387 e. The minimum atomic E-state index is -4.29. The Morgan fingerprint density at radius 3 is 2.60 bits per heavy atom. The first-order valence-corrected chi connectivity index (χ1v) is 9.56. The number of fused-ring (bicyclic) bond motifs is 1. The molecule has 0 aromatic heterocycles. The predicted molar refractivity (Wildman–Crippen MR) is 83.9 cm³/mol. The summed E-state index contributed by atoms with van der Waals surface area (Å²) >= 11 is 0. The maximum atomic E-state index is 13.1. The van der Waals surface area contributed by atoms with E-state index in [0.29, 0.717) is 6.42 Å². The first-order valence-electron chi connectivity index (χ1n) is 8.12. The molecule has 138 valence electrons. The maximum absolute atomic E-state index is 13.1. The molecule has 3 atom stereocenters. The molecule has 1 aromatic carbocycles. The van der Waals surface area contributed by atoms with E-state index in [4.69, 9.17) is 0 Å². The van der Waals surface area contributed by atoms with Gasteiger partial charge in [-0.15, -0.1) is 0 Å². The number of halogens is 2. The second-order valence-electron chi connectivity index (χ2n) is 6.36. The molecule has 3 rings (SSSR count). The van der Waals surface area contributed by atoms with E-state index in [1.807, 2.05) is 0 Å². The molecule has 1 heterocycles. The van der Waals surface area contributed by atoms with Crippen LogP contribution in [0, 0.1) is 5.92 Å². The van der Waals surface area contributed by atoms with Crippen LogP contribution in [0.15, 0.2) is 29.2 Å². The van der Waals surface area contributed by atoms with Crippen LogP contribution in [0.25, 0.3) is 0 Å². The van der Waals surface area contributed by atoms with Gasteiger partial charge in [0.2, 0.25) is 10.0 Å². The van der Waals surface area contributed by atoms with Gasteiger partial charge in [0.25, 0.3) is 0 Å². The highest BCUT2D eigenvalue weighted by atomic mass is 32.2. The Kier molecular flexibility index (Phi) is 4.97. The topological polar surface area (TPSA) is 83.9 Å². The molecular weight excluding hydrogens is 356 g/mol. The monoisotopic (exact) mass is 375 g/mol. The van der Waals surface area contributed by atoms with Gasteiger partial charge in [-0.3, -0.25) is 4.79 Å². The van der Waals surface area contributed by atoms with Gasteiger partial charge < -0.3 is 9.84 Å². The molecule has 25 heavy (non-hydrogen) atoms. The Hall–Kier alpha value is -1.74. The summed E-state index contributed by atoms with van der Waals surface area (Å²) in [6, 6.07) is 3.50. The van der Waals surface area contributed by atoms with Crippen molar-refractivity contribution < 1.29 is 31.8 Å². The Morgan fingerprint density at radius 1 is 1.24 bits per heavy atom. The van der Waals surface area contributed by atoms with E-state index in [9.17, 15) is 27.1 Å². The molecule has 1 saturated carbocycles. The van der Waals surface area contributed by atoms with Crippen molar-refractivity contribution in [3.63, 3.8) is 0 Å². The van der Waals surface area contributed by atoms with Crippen molar-refractivity contribution in [1.82, 2.24) is 4.31 Å². The van der Waals surface area contributed by atoms with E-state index >= 15 is 0 Å². The van der Waals surface area contributed by atoms with Gasteiger partial charge in [-0.25, -0.2) is 8.42 Å². The zero-order valence-electron chi connectivity index (χ0n) is 13.3. The number of alkyl halides is 2. The molecule has 0 amide bonds. The average Bonchev–Trinajstić information content (AvgIpc) is 2.95. The van der Waals surface area contributed by atoms with Crippen molar-refractivity contribution >= 4 is 16.0 Å². The molecule has 1 saturated heterocycles. The van der Waals surface area contributed by atoms with E-state index in [1.54, 1.807) is 0 Å². The molecule has 2 aliphatic rings. The van der Waals surface area contributed by atoms with Gasteiger partial charge in [-0.1, -0.05) is 25.0 Å². The summed E-state index contributed by atoms with van der Waals surface area (Å²) in [7, 11) is -4.29. The lowest BCUT2D eigenvalue weighted by molar-refractivity contribution is -0.141. The van der Waals surface area contributed by atoms with E-state index < -0.39 is 45.3 Å². The van der Waals surface area contributed by atoms with Crippen molar-refractivity contribution in [3.8, 4) is 5.75 Å². The third-order valence-electron chi connectivity index (χ3n) is 4.93. The lowest BCUT2D eigenvalue weighted by Crippen LogP contribution is -2.46. The largest absolute Gasteiger partial charge is 0.480 e. The second-order valence-corrected chi connectivity index (χ2v) is 8.17. The molecule has 6 nitrogen and oxygen atoms in total. The fourth-order valence-corrected chi connectivity index (χ4v) is 5.94. The molecular formula is C16H19F2NO5S. The number of sulfonamides is 1. The Balaban J connectivity index is 2.04. The smallest absolute Gasteiger partial charge is 0.387 e. The van der Waals surface area contributed by atoms with E-state index in [0.717, 1.165) is 29.6 Å². The number of hydrogen-bond acceptors (Lipinski definition) is 4. The van der Waals surface area contributed by atoms with Gasteiger partial charge in [0, 0.05) is 6.04 Å². The van der Waals surface area contributed by atoms with Crippen molar-refractivity contribution in [2.75, 3.05) is 0 Å². The number of para-hydroxylation sites is 1. The highest BCUT2D eigenvalue weighted by Crippen LogP contribution is 2.44. The summed E-state index contributed by atoms with van der Waals surface area (Å²) in [5, 5.41) is 9.50. The Morgan fingerprint density at radius 2 is 1.92 bits per heavy atom. The third kappa shape index (κ3) is 3.35. The third-order valence-corrected chi connectivity index (χ3v) is 6.91. The fraction of sp³-hybridized carbons (Fsp3) is 0.562. The Labute approximate surface area is 144 Å². The van der Waals surface area contributed by atoms with Crippen LogP contribution >= 0.6 is 0 Å². The van der Waals surface area contributed by atoms with Crippen molar-refractivity contribution in [3.05, 3.63) is 24.3 Å². The minimum absolute atomic E-state index is 0.0206. The van der Waals surface area contributed by atoms with Crippen molar-refractivity contribution in [1.29, 1.82) is 0 Å². The summed E-state index contributed by atoms with van der Waals surface area (Å²) < 4.78 is 56.9. The molecule has 0 spiro atoms. The molecule has 0 radical (unpaired) electrons. The number of benzene rings is 1. The lowest BCUT2D eigenvalue weighted by Gasteiger charge is -2.32. The van der Waals surface area contributed by atoms with E-state index in [-0.39, 0.29) is 12.3 Å². The van der Waals surface area contributed by atoms with Crippen molar-refractivity contribution in [2.24, 2.45) is 5.92 Å². The molecule has 1 N–H and O–H groups in total. The van der Waals surface area contributed by atoms with Gasteiger partial charge in [-0.2, -0.15) is 13.1 Å². The second kappa shape index (κ2) is 6.87. The molecule has 3 unspecified atom stereocenters. The number of aliphatic carboxylic acids is 1. The van der Waals surface area contributed by atoms with E-state index in [2.05, 4.69) is 4.74 Å². The molecule has 1 aliphatic heterocycles. The number of ether oxygens (including phenoxy) is 1. The van der Waals surface area contributed by atoms with Crippen LogP contribution < -0.4 is 4.74 Å². The summed E-state index contributed by atoms with van der Waals surface area (Å²) in [4.78, 5) is 11.2. The number of hydrogen-bond donors (Lipinski definition) is 1. The van der Waals surface area contributed by atoms with Gasteiger partial charge in [0.05, 0.1) is 0 Å². The normalized spacial score (nSPS) is 27.2. The minimum Gasteiger partial charge on any atom is -0.480 e. The van der Waals surface area contributed by atoms with Crippen LogP contribution in [0.2, 0.25) is 0 Å². The summed E-state index contributed by atoms with van der Waals surface area (Å²) in [5.74, 6) is -1.71. The summed E-state index contributed by atoms with van der Waals surface area (Å²) in [6.07, 6.45) is 3.35. The zero-order chi connectivity index (χ0) is 18.2. The van der Waals surface area contributed by atoms with Crippen LogP contribution in [0.4, 0.5) is 8.78 Å². The van der Waals surface area contributed by atoms with Crippen LogP contribution in [0.3, 0.4) is 0 Å².